The van der Waals surface area contributed by atoms with Crippen LogP contribution >= 0.6 is 12.4 Å². The molecule has 0 fully saturated rings. The summed E-state index contributed by atoms with van der Waals surface area (Å²) in [5, 5.41) is 0. The first kappa shape index (κ1) is 18.2. The second kappa shape index (κ2) is 9.23. The van der Waals surface area contributed by atoms with E-state index in [1.165, 1.54) is 5.56 Å². The quantitative estimate of drug-likeness (QED) is 0.889. The van der Waals surface area contributed by atoms with E-state index in [-0.39, 0.29) is 18.3 Å². The van der Waals surface area contributed by atoms with Crippen LogP contribution in [0, 0.1) is 6.92 Å². The zero-order chi connectivity index (χ0) is 15.1. The summed E-state index contributed by atoms with van der Waals surface area (Å²) in [5.74, 6) is 0.0522. The Morgan fingerprint density at radius 2 is 1.64 bits per heavy atom. The van der Waals surface area contributed by atoms with Crippen LogP contribution < -0.4 is 5.73 Å². The molecule has 2 N–H and O–H groups in total. The molecule has 0 aliphatic rings. The lowest BCUT2D eigenvalue weighted by Crippen LogP contribution is -2.36. The first-order valence-electron chi connectivity index (χ1n) is 7.30. The van der Waals surface area contributed by atoms with Gasteiger partial charge in [-0.15, -0.1) is 12.4 Å². The molecule has 0 bridgehead atoms. The molecule has 3 nitrogen and oxygen atoms in total. The molecule has 0 atom stereocenters. The summed E-state index contributed by atoms with van der Waals surface area (Å²) in [7, 11) is 0. The Labute approximate surface area is 138 Å². The smallest absolute Gasteiger partial charge is 0.253 e. The van der Waals surface area contributed by atoms with E-state index in [1.807, 2.05) is 54.3 Å². The number of nitrogens with two attached hydrogens (primary N) is 1. The van der Waals surface area contributed by atoms with Crippen LogP contribution in [0.2, 0.25) is 0 Å². The minimum absolute atomic E-state index is 0. The van der Waals surface area contributed by atoms with Gasteiger partial charge in [0.15, 0.2) is 0 Å². The minimum atomic E-state index is 0. The lowest BCUT2D eigenvalue weighted by molar-refractivity contribution is 0.0762. The van der Waals surface area contributed by atoms with Crippen LogP contribution in [0.5, 0.6) is 0 Å². The summed E-state index contributed by atoms with van der Waals surface area (Å²) in [5.41, 5.74) is 8.76. The molecule has 4 heteroatoms. The van der Waals surface area contributed by atoms with Gasteiger partial charge in [0, 0.05) is 25.2 Å². The summed E-state index contributed by atoms with van der Waals surface area (Å²) < 4.78 is 0. The maximum Gasteiger partial charge on any atom is 0.253 e. The van der Waals surface area contributed by atoms with E-state index in [0.717, 1.165) is 17.5 Å². The van der Waals surface area contributed by atoms with Crippen LogP contribution in [0.15, 0.2) is 54.6 Å². The summed E-state index contributed by atoms with van der Waals surface area (Å²) in [6.07, 6.45) is 0.846. The van der Waals surface area contributed by atoms with E-state index >= 15 is 0 Å². The molecule has 0 heterocycles. The van der Waals surface area contributed by atoms with Gasteiger partial charge in [-0.3, -0.25) is 4.79 Å². The Kier molecular flexibility index (Phi) is 7.64. The highest BCUT2D eigenvalue weighted by Crippen LogP contribution is 2.09. The number of carbonyl (C=O) groups is 1. The molecule has 0 aromatic heterocycles. The highest BCUT2D eigenvalue weighted by Gasteiger charge is 2.14. The first-order valence-corrected chi connectivity index (χ1v) is 7.30. The average molecular weight is 319 g/mol. The molecule has 118 valence electrons. The fourth-order valence-electron chi connectivity index (χ4n) is 2.26. The molecule has 0 unspecified atom stereocenters. The zero-order valence-electron chi connectivity index (χ0n) is 12.9. The summed E-state index contributed by atoms with van der Waals surface area (Å²) in [6.45, 7) is 3.77. The second-order valence-corrected chi connectivity index (χ2v) is 5.18. The number of halogens is 1. The first-order chi connectivity index (χ1) is 10.2. The molecular weight excluding hydrogens is 296 g/mol. The summed E-state index contributed by atoms with van der Waals surface area (Å²) in [4.78, 5) is 14.4. The predicted octanol–water partition coefficient (Wildman–Crippen LogP) is 3.06. The van der Waals surface area contributed by atoms with E-state index in [2.05, 4.69) is 12.1 Å². The third-order valence-corrected chi connectivity index (χ3v) is 3.50. The van der Waals surface area contributed by atoms with E-state index in [4.69, 9.17) is 5.73 Å². The van der Waals surface area contributed by atoms with Gasteiger partial charge in [-0.2, -0.15) is 0 Å². The number of nitrogens with zero attached hydrogens (tertiary/aromatic N) is 1. The van der Waals surface area contributed by atoms with Gasteiger partial charge in [0.05, 0.1) is 0 Å². The highest BCUT2D eigenvalue weighted by atomic mass is 35.5. The van der Waals surface area contributed by atoms with Crippen molar-refractivity contribution in [2.45, 2.75) is 13.3 Å². The van der Waals surface area contributed by atoms with Gasteiger partial charge in [0.1, 0.15) is 0 Å². The number of rotatable bonds is 6. The predicted molar refractivity (Wildman–Crippen MR) is 93.5 cm³/mol. The van der Waals surface area contributed by atoms with Crippen LogP contribution in [0.25, 0.3) is 0 Å². The Balaban J connectivity index is 0.00000242. The van der Waals surface area contributed by atoms with E-state index in [0.29, 0.717) is 19.6 Å². The molecule has 0 radical (unpaired) electrons. The highest BCUT2D eigenvalue weighted by molar-refractivity contribution is 5.94. The summed E-state index contributed by atoms with van der Waals surface area (Å²) in [6, 6.07) is 17.9. The molecule has 0 saturated carbocycles. The fourth-order valence-corrected chi connectivity index (χ4v) is 2.26. The Bertz CT molecular complexity index is 569. The van der Waals surface area contributed by atoms with Crippen LogP contribution in [0.4, 0.5) is 0 Å². The fraction of sp³-hybridized carbons (Fsp3) is 0.278. The van der Waals surface area contributed by atoms with Gasteiger partial charge in [-0.05, 0) is 31.0 Å². The van der Waals surface area contributed by atoms with Gasteiger partial charge < -0.3 is 10.6 Å². The van der Waals surface area contributed by atoms with Gasteiger partial charge in [0.2, 0.25) is 0 Å². The van der Waals surface area contributed by atoms with E-state index in [9.17, 15) is 4.79 Å². The van der Waals surface area contributed by atoms with Crippen molar-refractivity contribution in [1.82, 2.24) is 4.90 Å². The van der Waals surface area contributed by atoms with Crippen molar-refractivity contribution in [2.75, 3.05) is 19.6 Å². The Morgan fingerprint density at radius 1 is 1.00 bits per heavy atom. The average Bonchev–Trinajstić information content (AvgIpc) is 2.52. The molecule has 0 aliphatic carbocycles. The third-order valence-electron chi connectivity index (χ3n) is 3.50. The van der Waals surface area contributed by atoms with Gasteiger partial charge in [-0.1, -0.05) is 48.0 Å². The molecule has 0 aliphatic heterocycles. The number of aryl methyl sites for hydroxylation is 1. The lowest BCUT2D eigenvalue weighted by atomic mass is 10.1. The molecule has 1 amide bonds. The summed E-state index contributed by atoms with van der Waals surface area (Å²) >= 11 is 0. The monoisotopic (exact) mass is 318 g/mol. The van der Waals surface area contributed by atoms with E-state index < -0.39 is 0 Å². The lowest BCUT2D eigenvalue weighted by Gasteiger charge is -2.22. The van der Waals surface area contributed by atoms with Gasteiger partial charge in [-0.25, -0.2) is 0 Å². The van der Waals surface area contributed by atoms with Gasteiger partial charge in [0.25, 0.3) is 5.91 Å². The Hall–Kier alpha value is -1.84. The van der Waals surface area contributed by atoms with Crippen molar-refractivity contribution >= 4 is 18.3 Å². The standard InChI is InChI=1S/C18H22N2O.ClH/c1-15-7-9-17(10-8-15)18(21)20(14-12-19)13-11-16-5-3-2-4-6-16;/h2-10H,11-14,19H2,1H3;1H. The topological polar surface area (TPSA) is 46.3 Å². The van der Waals surface area contributed by atoms with Crippen LogP contribution in [-0.4, -0.2) is 30.4 Å². The van der Waals surface area contributed by atoms with Gasteiger partial charge >= 0.3 is 0 Å². The van der Waals surface area contributed by atoms with Crippen molar-refractivity contribution in [2.24, 2.45) is 5.73 Å². The number of hydrogen-bond acceptors (Lipinski definition) is 2. The normalized spacial score (nSPS) is 9.91. The van der Waals surface area contributed by atoms with Crippen LogP contribution in [0.3, 0.4) is 0 Å². The third kappa shape index (κ3) is 5.17. The molecule has 0 saturated heterocycles. The number of amides is 1. The Morgan fingerprint density at radius 3 is 2.23 bits per heavy atom. The molecular formula is C18H23ClN2O. The van der Waals surface area contributed by atoms with Crippen molar-refractivity contribution in [1.29, 1.82) is 0 Å². The number of carbonyl (C=O) groups excluding carboxylic acids is 1. The molecule has 22 heavy (non-hydrogen) atoms. The SMILES string of the molecule is Cc1ccc(C(=O)N(CCN)CCc2ccccc2)cc1.Cl. The molecule has 2 rings (SSSR count). The number of hydrogen-bond donors (Lipinski definition) is 1. The minimum Gasteiger partial charge on any atom is -0.337 e. The van der Waals surface area contributed by atoms with Crippen molar-refractivity contribution < 1.29 is 4.79 Å². The zero-order valence-corrected chi connectivity index (χ0v) is 13.7. The number of benzene rings is 2. The largest absolute Gasteiger partial charge is 0.337 e. The maximum absolute atomic E-state index is 12.5. The van der Waals surface area contributed by atoms with Crippen molar-refractivity contribution in [3.63, 3.8) is 0 Å². The van der Waals surface area contributed by atoms with Crippen molar-refractivity contribution in [3.8, 4) is 0 Å². The molecule has 2 aromatic carbocycles. The maximum atomic E-state index is 12.5. The second-order valence-electron chi connectivity index (χ2n) is 5.18. The molecule has 0 spiro atoms. The molecule has 2 aromatic rings. The van der Waals surface area contributed by atoms with E-state index in [1.54, 1.807) is 0 Å². The van der Waals surface area contributed by atoms with Crippen LogP contribution in [0.1, 0.15) is 21.5 Å². The van der Waals surface area contributed by atoms with Crippen LogP contribution in [-0.2, 0) is 6.42 Å². The van der Waals surface area contributed by atoms with Crippen molar-refractivity contribution in [3.05, 3.63) is 71.3 Å².